The molecule has 1 amide bonds. The van der Waals surface area contributed by atoms with Crippen molar-refractivity contribution in [3.05, 3.63) is 43.0 Å². The van der Waals surface area contributed by atoms with Crippen LogP contribution in [-0.4, -0.2) is 68.2 Å². The SMILES string of the molecule is COc1cc(-c2cnn(C3CCCCO3)c2)ccc1-c1cnc(OC2CC3CC[C@H](C2)N3C(=O)OC(C)(C)C)cn1. The first-order valence-electron chi connectivity index (χ1n) is 14.6. The van der Waals surface area contributed by atoms with E-state index in [1.54, 1.807) is 19.5 Å². The molecular weight excluding hydrogens is 522 g/mol. The van der Waals surface area contributed by atoms with Crippen LogP contribution in [0.15, 0.2) is 43.0 Å². The molecule has 4 atom stereocenters. The van der Waals surface area contributed by atoms with E-state index in [1.165, 1.54) is 0 Å². The van der Waals surface area contributed by atoms with E-state index in [0.717, 1.165) is 68.2 Å². The first kappa shape index (κ1) is 27.5. The minimum Gasteiger partial charge on any atom is -0.496 e. The Balaban J connectivity index is 1.11. The lowest BCUT2D eigenvalue weighted by Gasteiger charge is -2.39. The lowest BCUT2D eigenvalue weighted by molar-refractivity contribution is -0.0394. The van der Waals surface area contributed by atoms with E-state index in [1.807, 2.05) is 60.9 Å². The number of carbonyl (C=O) groups excluding carboxylic acids is 1. The summed E-state index contributed by atoms with van der Waals surface area (Å²) in [5, 5.41) is 4.54. The molecule has 0 radical (unpaired) electrons. The number of nitrogens with zero attached hydrogens (tertiary/aromatic N) is 5. The van der Waals surface area contributed by atoms with Gasteiger partial charge in [0.1, 0.15) is 23.7 Å². The number of aromatic nitrogens is 4. The molecule has 3 aliphatic heterocycles. The van der Waals surface area contributed by atoms with E-state index in [9.17, 15) is 4.79 Å². The van der Waals surface area contributed by atoms with Crippen molar-refractivity contribution in [3.8, 4) is 34.0 Å². The molecule has 0 spiro atoms. The Morgan fingerprint density at radius 3 is 2.46 bits per heavy atom. The van der Waals surface area contributed by atoms with Crippen molar-refractivity contribution in [2.45, 2.75) is 95.7 Å². The van der Waals surface area contributed by atoms with Crippen molar-refractivity contribution in [3.63, 3.8) is 0 Å². The number of hydrogen-bond acceptors (Lipinski definition) is 8. The van der Waals surface area contributed by atoms with E-state index in [2.05, 4.69) is 15.1 Å². The zero-order chi connectivity index (χ0) is 28.6. The van der Waals surface area contributed by atoms with Crippen LogP contribution in [0.2, 0.25) is 0 Å². The molecule has 6 rings (SSSR count). The fraction of sp³-hybridized carbons (Fsp3) is 0.548. The van der Waals surface area contributed by atoms with Crippen LogP contribution in [0.25, 0.3) is 22.4 Å². The van der Waals surface area contributed by atoms with Crippen LogP contribution in [0.4, 0.5) is 4.79 Å². The van der Waals surface area contributed by atoms with Crippen molar-refractivity contribution in [1.29, 1.82) is 0 Å². The molecule has 0 saturated carbocycles. The average Bonchev–Trinajstić information content (AvgIpc) is 3.56. The van der Waals surface area contributed by atoms with Gasteiger partial charge in [-0.15, -0.1) is 0 Å². The highest BCUT2D eigenvalue weighted by Gasteiger charge is 2.45. The Labute approximate surface area is 241 Å². The number of benzene rings is 1. The standard InChI is InChI=1S/C31H39N5O5/c1-31(2,3)41-30(37)36-22-9-10-23(36)15-24(14-22)40-28-18-32-26(17-33-28)25-11-8-20(13-27(25)38-4)21-16-34-35(19-21)29-7-5-6-12-39-29/h8,11,13,16-19,22-24,29H,5-7,9-10,12,14-15H2,1-4H3/t22-,23?,24?,29?/m1/s1. The number of amides is 1. The van der Waals surface area contributed by atoms with Gasteiger partial charge in [-0.3, -0.25) is 0 Å². The van der Waals surface area contributed by atoms with Gasteiger partial charge < -0.3 is 23.8 Å². The van der Waals surface area contributed by atoms with E-state index in [4.69, 9.17) is 18.9 Å². The normalized spacial score (nSPS) is 24.2. The topological polar surface area (TPSA) is 101 Å². The minimum absolute atomic E-state index is 0.00218. The Kier molecular flexibility index (Phi) is 7.59. The maximum absolute atomic E-state index is 12.8. The summed E-state index contributed by atoms with van der Waals surface area (Å²) in [6.07, 6.45) is 13.7. The maximum Gasteiger partial charge on any atom is 0.410 e. The van der Waals surface area contributed by atoms with Gasteiger partial charge >= 0.3 is 6.09 Å². The Morgan fingerprint density at radius 1 is 1.00 bits per heavy atom. The molecule has 10 nitrogen and oxygen atoms in total. The molecule has 1 aromatic carbocycles. The summed E-state index contributed by atoms with van der Waals surface area (Å²) in [6.45, 7) is 6.48. The largest absolute Gasteiger partial charge is 0.496 e. The summed E-state index contributed by atoms with van der Waals surface area (Å²) in [5.74, 6) is 1.19. The summed E-state index contributed by atoms with van der Waals surface area (Å²) >= 11 is 0. The summed E-state index contributed by atoms with van der Waals surface area (Å²) < 4.78 is 25.4. The molecule has 0 N–H and O–H groups in total. The molecular formula is C31H39N5O5. The number of hydrogen-bond donors (Lipinski definition) is 0. The molecule has 3 fully saturated rings. The molecule has 218 valence electrons. The van der Waals surface area contributed by atoms with Crippen molar-refractivity contribution >= 4 is 6.09 Å². The maximum atomic E-state index is 12.8. The number of fused-ring (bicyclic) bond motifs is 2. The quantitative estimate of drug-likeness (QED) is 0.360. The van der Waals surface area contributed by atoms with Crippen LogP contribution < -0.4 is 9.47 Å². The number of rotatable bonds is 6. The second-order valence-electron chi connectivity index (χ2n) is 12.2. The van der Waals surface area contributed by atoms with Gasteiger partial charge in [0.15, 0.2) is 0 Å². The van der Waals surface area contributed by atoms with Crippen molar-refractivity contribution < 1.29 is 23.7 Å². The minimum atomic E-state index is -0.503. The Morgan fingerprint density at radius 2 is 1.80 bits per heavy atom. The predicted molar refractivity (Wildman–Crippen MR) is 153 cm³/mol. The molecule has 3 aromatic rings. The Bertz CT molecular complexity index is 1350. The van der Waals surface area contributed by atoms with Gasteiger partial charge in [-0.05, 0) is 70.6 Å². The predicted octanol–water partition coefficient (Wildman–Crippen LogP) is 6.02. The molecule has 0 aliphatic carbocycles. The van der Waals surface area contributed by atoms with E-state index >= 15 is 0 Å². The van der Waals surface area contributed by atoms with Gasteiger partial charge in [0.25, 0.3) is 0 Å². The number of carbonyl (C=O) groups is 1. The first-order valence-corrected chi connectivity index (χ1v) is 14.6. The van der Waals surface area contributed by atoms with Crippen LogP contribution in [0, 0.1) is 0 Å². The first-order chi connectivity index (χ1) is 19.8. The number of methoxy groups -OCH3 is 1. The molecule has 3 unspecified atom stereocenters. The molecule has 41 heavy (non-hydrogen) atoms. The van der Waals surface area contributed by atoms with Crippen LogP contribution >= 0.6 is 0 Å². The number of ether oxygens (including phenoxy) is 4. The average molecular weight is 562 g/mol. The summed E-state index contributed by atoms with van der Waals surface area (Å²) in [5.41, 5.74) is 3.06. The van der Waals surface area contributed by atoms with Gasteiger partial charge in [0, 0.05) is 48.9 Å². The van der Waals surface area contributed by atoms with E-state index in [-0.39, 0.29) is 30.5 Å². The van der Waals surface area contributed by atoms with Gasteiger partial charge in [-0.25, -0.2) is 19.4 Å². The highest BCUT2D eigenvalue weighted by atomic mass is 16.6. The van der Waals surface area contributed by atoms with E-state index < -0.39 is 5.60 Å². The van der Waals surface area contributed by atoms with Gasteiger partial charge in [0.2, 0.25) is 5.88 Å². The van der Waals surface area contributed by atoms with Crippen LogP contribution in [0.5, 0.6) is 11.6 Å². The third kappa shape index (κ3) is 6.02. The van der Waals surface area contributed by atoms with Crippen LogP contribution in [-0.2, 0) is 9.47 Å². The van der Waals surface area contributed by atoms with E-state index in [0.29, 0.717) is 17.3 Å². The van der Waals surface area contributed by atoms with Crippen LogP contribution in [0.1, 0.15) is 71.9 Å². The highest BCUT2D eigenvalue weighted by molar-refractivity contribution is 5.74. The van der Waals surface area contributed by atoms with Gasteiger partial charge in [-0.1, -0.05) is 6.07 Å². The van der Waals surface area contributed by atoms with Gasteiger partial charge in [-0.2, -0.15) is 5.10 Å². The zero-order valence-corrected chi connectivity index (χ0v) is 24.3. The molecule has 2 aromatic heterocycles. The van der Waals surface area contributed by atoms with Crippen molar-refractivity contribution in [2.24, 2.45) is 0 Å². The fourth-order valence-electron chi connectivity index (χ4n) is 6.18. The van der Waals surface area contributed by atoms with Crippen molar-refractivity contribution in [1.82, 2.24) is 24.6 Å². The lowest BCUT2D eigenvalue weighted by atomic mass is 10.0. The second-order valence-corrected chi connectivity index (χ2v) is 12.2. The monoisotopic (exact) mass is 561 g/mol. The van der Waals surface area contributed by atoms with Gasteiger partial charge in [0.05, 0.1) is 31.4 Å². The van der Waals surface area contributed by atoms with Crippen molar-refractivity contribution in [2.75, 3.05) is 13.7 Å². The highest BCUT2D eigenvalue weighted by Crippen LogP contribution is 2.39. The third-order valence-electron chi connectivity index (χ3n) is 8.07. The third-order valence-corrected chi connectivity index (χ3v) is 8.07. The smallest absolute Gasteiger partial charge is 0.410 e. The summed E-state index contributed by atoms with van der Waals surface area (Å²) in [7, 11) is 1.66. The molecule has 5 heterocycles. The lowest BCUT2D eigenvalue weighted by Crippen LogP contribution is -2.50. The number of piperidine rings is 1. The Hall–Kier alpha value is -3.66. The van der Waals surface area contributed by atoms with Crippen LogP contribution in [0.3, 0.4) is 0 Å². The molecule has 3 aliphatic rings. The molecule has 3 saturated heterocycles. The second kappa shape index (κ2) is 11.3. The summed E-state index contributed by atoms with van der Waals surface area (Å²) in [6, 6.07) is 6.30. The summed E-state index contributed by atoms with van der Waals surface area (Å²) in [4.78, 5) is 23.9. The fourth-order valence-corrected chi connectivity index (χ4v) is 6.18. The molecule has 10 heteroatoms. The molecule has 2 bridgehead atoms. The zero-order valence-electron chi connectivity index (χ0n) is 24.3.